The van der Waals surface area contributed by atoms with Gasteiger partial charge in [0.05, 0.1) is 12.8 Å². The van der Waals surface area contributed by atoms with Crippen LogP contribution in [0, 0.1) is 20.8 Å². The first-order valence-corrected chi connectivity index (χ1v) is 7.27. The van der Waals surface area contributed by atoms with Crippen LogP contribution in [0.25, 0.3) is 0 Å². The summed E-state index contributed by atoms with van der Waals surface area (Å²) in [5.41, 5.74) is 4.46. The largest absolute Gasteiger partial charge is 0.496 e. The summed E-state index contributed by atoms with van der Waals surface area (Å²) >= 11 is 0. The third-order valence-electron chi connectivity index (χ3n) is 3.87. The lowest BCUT2D eigenvalue weighted by Gasteiger charge is -2.22. The highest BCUT2D eigenvalue weighted by Gasteiger charge is 2.20. The number of nitrogens with one attached hydrogen (secondary N) is 1. The van der Waals surface area contributed by atoms with Gasteiger partial charge in [-0.15, -0.1) is 0 Å². The average Bonchev–Trinajstić information content (AvgIpc) is 2.78. The van der Waals surface area contributed by atoms with Crippen LogP contribution in [0.15, 0.2) is 22.7 Å². The predicted octanol–water partition coefficient (Wildman–Crippen LogP) is 4.02. The summed E-state index contributed by atoms with van der Waals surface area (Å²) in [6.07, 6.45) is 0. The van der Waals surface area contributed by atoms with E-state index in [-0.39, 0.29) is 12.1 Å². The zero-order valence-electron chi connectivity index (χ0n) is 13.7. The van der Waals surface area contributed by atoms with E-state index >= 15 is 0 Å². The maximum atomic E-state index is 5.47. The lowest BCUT2D eigenvalue weighted by atomic mass is 10.0. The smallest absolute Gasteiger partial charge is 0.138 e. The van der Waals surface area contributed by atoms with Crippen molar-refractivity contribution < 1.29 is 9.26 Å². The lowest BCUT2D eigenvalue weighted by Crippen LogP contribution is -2.23. The minimum Gasteiger partial charge on any atom is -0.496 e. The molecule has 0 amide bonds. The van der Waals surface area contributed by atoms with Gasteiger partial charge in [-0.05, 0) is 40.7 Å². The fraction of sp³-hybridized carbons (Fsp3) is 0.471. The van der Waals surface area contributed by atoms with Gasteiger partial charge in [0.25, 0.3) is 0 Å². The van der Waals surface area contributed by atoms with Crippen molar-refractivity contribution in [2.24, 2.45) is 0 Å². The van der Waals surface area contributed by atoms with Crippen LogP contribution in [0.3, 0.4) is 0 Å². The fourth-order valence-corrected chi connectivity index (χ4v) is 2.85. The van der Waals surface area contributed by atoms with Gasteiger partial charge < -0.3 is 14.6 Å². The minimum absolute atomic E-state index is 0.163. The second kappa shape index (κ2) is 6.31. The van der Waals surface area contributed by atoms with Crippen LogP contribution >= 0.6 is 0 Å². The van der Waals surface area contributed by atoms with Crippen molar-refractivity contribution in [1.82, 2.24) is 10.5 Å². The van der Waals surface area contributed by atoms with E-state index < -0.39 is 0 Å². The van der Waals surface area contributed by atoms with E-state index in [1.807, 2.05) is 19.9 Å². The summed E-state index contributed by atoms with van der Waals surface area (Å²) in [7, 11) is 1.71. The minimum atomic E-state index is 0.163. The molecule has 0 fully saturated rings. The summed E-state index contributed by atoms with van der Waals surface area (Å²) in [5.74, 6) is 1.78. The van der Waals surface area contributed by atoms with Crippen LogP contribution in [0.4, 0.5) is 0 Å². The number of ether oxygens (including phenoxy) is 1. The highest BCUT2D eigenvalue weighted by molar-refractivity contribution is 5.39. The number of nitrogens with zero attached hydrogens (tertiary/aromatic N) is 1. The number of aryl methyl sites for hydroxylation is 3. The molecule has 2 atom stereocenters. The first kappa shape index (κ1) is 15.6. The number of benzene rings is 1. The van der Waals surface area contributed by atoms with Gasteiger partial charge in [-0.2, -0.15) is 0 Å². The Kier molecular flexibility index (Phi) is 4.68. The Morgan fingerprint density at radius 2 is 1.86 bits per heavy atom. The third kappa shape index (κ3) is 3.27. The Labute approximate surface area is 126 Å². The second-order valence-corrected chi connectivity index (χ2v) is 5.59. The molecular weight excluding hydrogens is 264 g/mol. The average molecular weight is 288 g/mol. The molecule has 114 valence electrons. The van der Waals surface area contributed by atoms with Crippen LogP contribution < -0.4 is 10.1 Å². The van der Waals surface area contributed by atoms with E-state index in [9.17, 15) is 0 Å². The second-order valence-electron chi connectivity index (χ2n) is 5.59. The SMILES string of the molecule is COc1ccc(C)cc1C(C)NC(C)c1c(C)noc1C. The molecule has 2 aromatic rings. The molecule has 0 bridgehead atoms. The zero-order chi connectivity index (χ0) is 15.6. The van der Waals surface area contributed by atoms with Crippen LogP contribution in [-0.4, -0.2) is 12.3 Å². The van der Waals surface area contributed by atoms with E-state index in [0.717, 1.165) is 28.3 Å². The molecule has 0 radical (unpaired) electrons. The normalized spacial score (nSPS) is 14.0. The molecule has 1 N–H and O–H groups in total. The van der Waals surface area contributed by atoms with Gasteiger partial charge in [0.15, 0.2) is 0 Å². The molecule has 0 aliphatic carbocycles. The number of rotatable bonds is 5. The van der Waals surface area contributed by atoms with Crippen molar-refractivity contribution in [3.8, 4) is 5.75 Å². The van der Waals surface area contributed by atoms with Gasteiger partial charge in [0.1, 0.15) is 11.5 Å². The van der Waals surface area contributed by atoms with E-state index in [4.69, 9.17) is 9.26 Å². The molecule has 0 saturated heterocycles. The van der Waals surface area contributed by atoms with Crippen molar-refractivity contribution >= 4 is 0 Å². The van der Waals surface area contributed by atoms with Gasteiger partial charge in [-0.25, -0.2) is 0 Å². The molecular formula is C17H24N2O2. The standard InChI is InChI=1S/C17H24N2O2/c1-10-7-8-16(20-6)15(9-10)11(2)18-12(3)17-13(4)19-21-14(17)5/h7-9,11-12,18H,1-6H3. The first-order chi connectivity index (χ1) is 9.93. The van der Waals surface area contributed by atoms with E-state index in [2.05, 4.69) is 43.4 Å². The molecule has 2 rings (SSSR count). The van der Waals surface area contributed by atoms with Crippen molar-refractivity contribution in [2.45, 2.75) is 46.7 Å². The van der Waals surface area contributed by atoms with Crippen molar-refractivity contribution in [2.75, 3.05) is 7.11 Å². The first-order valence-electron chi connectivity index (χ1n) is 7.27. The maximum absolute atomic E-state index is 5.47. The Hall–Kier alpha value is -1.81. The summed E-state index contributed by atoms with van der Waals surface area (Å²) < 4.78 is 10.7. The van der Waals surface area contributed by atoms with Crippen molar-refractivity contribution in [3.63, 3.8) is 0 Å². The van der Waals surface area contributed by atoms with Crippen LogP contribution in [0.1, 0.15) is 54.1 Å². The predicted molar refractivity (Wildman–Crippen MR) is 83.7 cm³/mol. The molecule has 0 spiro atoms. The zero-order valence-corrected chi connectivity index (χ0v) is 13.7. The molecule has 4 heteroatoms. The van der Waals surface area contributed by atoms with Gasteiger partial charge in [0, 0.05) is 23.2 Å². The van der Waals surface area contributed by atoms with Gasteiger partial charge in [0.2, 0.25) is 0 Å². The molecule has 1 aromatic heterocycles. The van der Waals surface area contributed by atoms with Gasteiger partial charge >= 0.3 is 0 Å². The summed E-state index contributed by atoms with van der Waals surface area (Å²) in [6.45, 7) is 10.3. The van der Waals surface area contributed by atoms with Crippen LogP contribution in [-0.2, 0) is 0 Å². The molecule has 1 heterocycles. The van der Waals surface area contributed by atoms with Crippen LogP contribution in [0.2, 0.25) is 0 Å². The molecule has 2 unspecified atom stereocenters. The van der Waals surface area contributed by atoms with Crippen LogP contribution in [0.5, 0.6) is 5.75 Å². The molecule has 1 aromatic carbocycles. The number of methoxy groups -OCH3 is 1. The highest BCUT2D eigenvalue weighted by Crippen LogP contribution is 2.29. The summed E-state index contributed by atoms with van der Waals surface area (Å²) in [5, 5.41) is 7.63. The topological polar surface area (TPSA) is 47.3 Å². The molecule has 4 nitrogen and oxygen atoms in total. The molecule has 0 aliphatic rings. The van der Waals surface area contributed by atoms with Gasteiger partial charge in [-0.3, -0.25) is 0 Å². The third-order valence-corrected chi connectivity index (χ3v) is 3.87. The summed E-state index contributed by atoms with van der Waals surface area (Å²) in [4.78, 5) is 0. The maximum Gasteiger partial charge on any atom is 0.138 e. The van der Waals surface area contributed by atoms with Crippen molar-refractivity contribution in [1.29, 1.82) is 0 Å². The van der Waals surface area contributed by atoms with Gasteiger partial charge in [-0.1, -0.05) is 22.9 Å². The Morgan fingerprint density at radius 3 is 2.43 bits per heavy atom. The van der Waals surface area contributed by atoms with E-state index in [0.29, 0.717) is 0 Å². The van der Waals surface area contributed by atoms with E-state index in [1.54, 1.807) is 7.11 Å². The molecule has 0 aliphatic heterocycles. The Morgan fingerprint density at radius 1 is 1.14 bits per heavy atom. The molecule has 0 saturated carbocycles. The fourth-order valence-electron chi connectivity index (χ4n) is 2.85. The number of hydrogen-bond acceptors (Lipinski definition) is 4. The highest BCUT2D eigenvalue weighted by atomic mass is 16.5. The van der Waals surface area contributed by atoms with Crippen molar-refractivity contribution in [3.05, 3.63) is 46.3 Å². The number of hydrogen-bond donors (Lipinski definition) is 1. The summed E-state index contributed by atoms with van der Waals surface area (Å²) in [6, 6.07) is 6.58. The molecule has 21 heavy (non-hydrogen) atoms. The monoisotopic (exact) mass is 288 g/mol. The number of aromatic nitrogens is 1. The Balaban J connectivity index is 2.22. The quantitative estimate of drug-likeness (QED) is 0.902. The Bertz CT molecular complexity index is 600. The lowest BCUT2D eigenvalue weighted by molar-refractivity contribution is 0.386. The van der Waals surface area contributed by atoms with E-state index in [1.165, 1.54) is 5.56 Å².